The standard InChI is InChI=1S/C17H34O2/c1-4-6-8-10-11-13-15-17(18)19-16(3)14-12-9-7-5-2/h16H,4-15H2,1-3H3. The maximum atomic E-state index is 11.6. The summed E-state index contributed by atoms with van der Waals surface area (Å²) >= 11 is 0. The minimum atomic E-state index is -0.00140. The van der Waals surface area contributed by atoms with Crippen molar-refractivity contribution in [2.24, 2.45) is 0 Å². The van der Waals surface area contributed by atoms with Crippen molar-refractivity contribution < 1.29 is 9.53 Å². The Bertz CT molecular complexity index is 201. The SMILES string of the molecule is CCCCCCCCC(=O)OC(C)CCCCCC. The Balaban J connectivity index is 3.36. The molecule has 0 saturated carbocycles. The van der Waals surface area contributed by atoms with Crippen LogP contribution in [-0.2, 0) is 9.53 Å². The van der Waals surface area contributed by atoms with E-state index in [2.05, 4.69) is 13.8 Å². The first-order valence-corrected chi connectivity index (χ1v) is 8.40. The fraction of sp³-hybridized carbons (Fsp3) is 0.941. The number of rotatable bonds is 13. The van der Waals surface area contributed by atoms with E-state index in [1.165, 1.54) is 57.8 Å². The second-order valence-electron chi connectivity index (χ2n) is 5.67. The van der Waals surface area contributed by atoms with Crippen LogP contribution in [-0.4, -0.2) is 12.1 Å². The molecule has 0 aliphatic heterocycles. The number of carbonyl (C=O) groups excluding carboxylic acids is 1. The third kappa shape index (κ3) is 13.7. The molecule has 0 spiro atoms. The van der Waals surface area contributed by atoms with E-state index in [0.29, 0.717) is 6.42 Å². The number of hydrogen-bond acceptors (Lipinski definition) is 2. The predicted octanol–water partition coefficient (Wildman–Crippen LogP) is 5.64. The molecule has 1 atom stereocenters. The van der Waals surface area contributed by atoms with E-state index in [9.17, 15) is 4.79 Å². The Morgan fingerprint density at radius 2 is 1.37 bits per heavy atom. The normalized spacial score (nSPS) is 12.4. The number of hydrogen-bond donors (Lipinski definition) is 0. The lowest BCUT2D eigenvalue weighted by atomic mass is 10.1. The van der Waals surface area contributed by atoms with E-state index >= 15 is 0 Å². The molecule has 114 valence electrons. The molecule has 0 aliphatic carbocycles. The van der Waals surface area contributed by atoms with Crippen molar-refractivity contribution >= 4 is 5.97 Å². The Kier molecular flexibility index (Phi) is 13.5. The van der Waals surface area contributed by atoms with Crippen LogP contribution >= 0.6 is 0 Å². The summed E-state index contributed by atoms with van der Waals surface area (Å²) in [5, 5.41) is 0. The fourth-order valence-electron chi connectivity index (χ4n) is 2.25. The van der Waals surface area contributed by atoms with Crippen LogP contribution in [0.15, 0.2) is 0 Å². The molecule has 0 N–H and O–H groups in total. The van der Waals surface area contributed by atoms with Crippen LogP contribution in [0.1, 0.15) is 97.8 Å². The third-order valence-corrected chi connectivity index (χ3v) is 3.53. The zero-order valence-electron chi connectivity index (χ0n) is 13.4. The number of carbonyl (C=O) groups is 1. The predicted molar refractivity (Wildman–Crippen MR) is 82.3 cm³/mol. The number of ether oxygens (including phenoxy) is 1. The first kappa shape index (κ1) is 18.5. The van der Waals surface area contributed by atoms with E-state index < -0.39 is 0 Å². The molecule has 2 nitrogen and oxygen atoms in total. The molecule has 0 saturated heterocycles. The summed E-state index contributed by atoms with van der Waals surface area (Å²) < 4.78 is 5.42. The summed E-state index contributed by atoms with van der Waals surface area (Å²) in [7, 11) is 0. The average molecular weight is 270 g/mol. The molecule has 0 aliphatic rings. The molecule has 1 unspecified atom stereocenters. The Hall–Kier alpha value is -0.530. The van der Waals surface area contributed by atoms with Gasteiger partial charge in [-0.3, -0.25) is 4.79 Å². The van der Waals surface area contributed by atoms with E-state index in [4.69, 9.17) is 4.74 Å². The van der Waals surface area contributed by atoms with Gasteiger partial charge in [0.15, 0.2) is 0 Å². The van der Waals surface area contributed by atoms with Crippen molar-refractivity contribution in [1.82, 2.24) is 0 Å². The van der Waals surface area contributed by atoms with E-state index in [0.717, 1.165) is 12.8 Å². The second kappa shape index (κ2) is 13.9. The smallest absolute Gasteiger partial charge is 0.306 e. The lowest BCUT2D eigenvalue weighted by Crippen LogP contribution is -2.14. The van der Waals surface area contributed by atoms with Gasteiger partial charge in [-0.25, -0.2) is 0 Å². The summed E-state index contributed by atoms with van der Waals surface area (Å²) in [6.45, 7) is 6.45. The fourth-order valence-corrected chi connectivity index (χ4v) is 2.25. The molecule has 2 heteroatoms. The van der Waals surface area contributed by atoms with Gasteiger partial charge < -0.3 is 4.74 Å². The van der Waals surface area contributed by atoms with Gasteiger partial charge in [-0.2, -0.15) is 0 Å². The highest BCUT2D eigenvalue weighted by molar-refractivity contribution is 5.69. The molecule has 0 heterocycles. The maximum absolute atomic E-state index is 11.6. The molecular formula is C17H34O2. The van der Waals surface area contributed by atoms with Gasteiger partial charge in [0.05, 0.1) is 6.10 Å². The van der Waals surface area contributed by atoms with Crippen molar-refractivity contribution in [3.8, 4) is 0 Å². The summed E-state index contributed by atoms with van der Waals surface area (Å²) in [4.78, 5) is 11.6. The van der Waals surface area contributed by atoms with Gasteiger partial charge in [0.1, 0.15) is 0 Å². The zero-order valence-corrected chi connectivity index (χ0v) is 13.4. The van der Waals surface area contributed by atoms with Crippen LogP contribution in [0.25, 0.3) is 0 Å². The molecule has 0 aromatic rings. The summed E-state index contributed by atoms with van der Waals surface area (Å²) in [5.74, 6) is -0.00140. The molecule has 0 bridgehead atoms. The molecule has 0 rings (SSSR count). The minimum Gasteiger partial charge on any atom is -0.463 e. The molecule has 19 heavy (non-hydrogen) atoms. The molecule has 0 fully saturated rings. The van der Waals surface area contributed by atoms with Crippen LogP contribution in [0.4, 0.5) is 0 Å². The second-order valence-corrected chi connectivity index (χ2v) is 5.67. The molecule has 0 aromatic heterocycles. The topological polar surface area (TPSA) is 26.3 Å². The highest BCUT2D eigenvalue weighted by Crippen LogP contribution is 2.11. The van der Waals surface area contributed by atoms with Gasteiger partial charge in [0.25, 0.3) is 0 Å². The first-order chi connectivity index (χ1) is 9.20. The van der Waals surface area contributed by atoms with Crippen molar-refractivity contribution in [3.05, 3.63) is 0 Å². The van der Waals surface area contributed by atoms with Crippen LogP contribution in [0.5, 0.6) is 0 Å². The monoisotopic (exact) mass is 270 g/mol. The lowest BCUT2D eigenvalue weighted by Gasteiger charge is -2.13. The lowest BCUT2D eigenvalue weighted by molar-refractivity contribution is -0.148. The van der Waals surface area contributed by atoms with Crippen LogP contribution in [0.2, 0.25) is 0 Å². The van der Waals surface area contributed by atoms with Gasteiger partial charge in [-0.05, 0) is 26.2 Å². The van der Waals surface area contributed by atoms with E-state index in [-0.39, 0.29) is 12.1 Å². The molecule has 0 radical (unpaired) electrons. The van der Waals surface area contributed by atoms with Gasteiger partial charge >= 0.3 is 5.97 Å². The van der Waals surface area contributed by atoms with Gasteiger partial charge in [-0.1, -0.05) is 65.2 Å². The zero-order chi connectivity index (χ0) is 14.3. The van der Waals surface area contributed by atoms with E-state index in [1.54, 1.807) is 0 Å². The maximum Gasteiger partial charge on any atom is 0.306 e. The molecular weight excluding hydrogens is 236 g/mol. The van der Waals surface area contributed by atoms with Crippen molar-refractivity contribution in [1.29, 1.82) is 0 Å². The Morgan fingerprint density at radius 1 is 0.842 bits per heavy atom. The first-order valence-electron chi connectivity index (χ1n) is 8.40. The largest absolute Gasteiger partial charge is 0.463 e. The Morgan fingerprint density at radius 3 is 2.00 bits per heavy atom. The number of esters is 1. The molecule has 0 aromatic carbocycles. The summed E-state index contributed by atoms with van der Waals surface area (Å²) in [6.07, 6.45) is 14.0. The minimum absolute atomic E-state index is 0.00140. The van der Waals surface area contributed by atoms with E-state index in [1.807, 2.05) is 6.92 Å². The summed E-state index contributed by atoms with van der Waals surface area (Å²) in [6, 6.07) is 0. The van der Waals surface area contributed by atoms with Crippen LogP contribution in [0.3, 0.4) is 0 Å². The van der Waals surface area contributed by atoms with Crippen molar-refractivity contribution in [2.75, 3.05) is 0 Å². The number of unbranched alkanes of at least 4 members (excludes halogenated alkanes) is 8. The quantitative estimate of drug-likeness (QED) is 0.320. The van der Waals surface area contributed by atoms with Gasteiger partial charge in [0.2, 0.25) is 0 Å². The van der Waals surface area contributed by atoms with Crippen LogP contribution < -0.4 is 0 Å². The van der Waals surface area contributed by atoms with Crippen LogP contribution in [0, 0.1) is 0 Å². The average Bonchev–Trinajstić information content (AvgIpc) is 2.39. The molecule has 0 amide bonds. The Labute approximate surface area is 120 Å². The van der Waals surface area contributed by atoms with Gasteiger partial charge in [-0.15, -0.1) is 0 Å². The highest BCUT2D eigenvalue weighted by Gasteiger charge is 2.08. The third-order valence-electron chi connectivity index (χ3n) is 3.53. The van der Waals surface area contributed by atoms with Crippen molar-refractivity contribution in [3.63, 3.8) is 0 Å². The van der Waals surface area contributed by atoms with Gasteiger partial charge in [0, 0.05) is 6.42 Å². The van der Waals surface area contributed by atoms with Crippen molar-refractivity contribution in [2.45, 2.75) is 104 Å². The summed E-state index contributed by atoms with van der Waals surface area (Å²) in [5.41, 5.74) is 0. The highest BCUT2D eigenvalue weighted by atomic mass is 16.5.